The summed E-state index contributed by atoms with van der Waals surface area (Å²) in [4.78, 5) is 16.3. The molecule has 3 rings (SSSR count). The van der Waals surface area contributed by atoms with Gasteiger partial charge in [0.1, 0.15) is 0 Å². The zero-order chi connectivity index (χ0) is 23.4. The number of imidazole rings is 1. The van der Waals surface area contributed by atoms with Crippen molar-refractivity contribution in [2.24, 2.45) is 0 Å². The number of aromatic nitrogens is 2. The van der Waals surface area contributed by atoms with Crippen molar-refractivity contribution in [3.63, 3.8) is 0 Å². The Hall–Kier alpha value is -2.93. The Morgan fingerprint density at radius 3 is 2.66 bits per heavy atom. The number of hydrogen-bond acceptors (Lipinski definition) is 5. The molecule has 1 aromatic heterocycles. The fourth-order valence-corrected chi connectivity index (χ4v) is 4.31. The standard InChI is InChI=1S/C22H19BrClFN4O3/c1-12(11-32-2)29-20(19(21(30)31)28-22(29)23)18(14-8-6-13(10-26)7-9-14)27-16-5-3-4-15(24)17(16)25/h3-9,12,18,27H,11H2,1-2H3,(H,30,31)/t12-,18?/m1/s1. The third-order valence-corrected chi connectivity index (χ3v) is 5.71. The van der Waals surface area contributed by atoms with E-state index in [2.05, 4.69) is 26.2 Å². The van der Waals surface area contributed by atoms with Crippen LogP contribution in [0, 0.1) is 17.1 Å². The number of carbonyl (C=O) groups is 1. The highest BCUT2D eigenvalue weighted by Gasteiger charge is 2.31. The minimum Gasteiger partial charge on any atom is -0.476 e. The van der Waals surface area contributed by atoms with Crippen molar-refractivity contribution in [1.82, 2.24) is 9.55 Å². The largest absolute Gasteiger partial charge is 0.476 e. The summed E-state index contributed by atoms with van der Waals surface area (Å²) >= 11 is 9.30. The number of nitrogens with one attached hydrogen (secondary N) is 1. The molecule has 0 saturated heterocycles. The van der Waals surface area contributed by atoms with Crippen LogP contribution in [0.3, 0.4) is 0 Å². The Morgan fingerprint density at radius 1 is 1.38 bits per heavy atom. The van der Waals surface area contributed by atoms with Crippen LogP contribution in [-0.2, 0) is 4.74 Å². The molecule has 3 aromatic rings. The van der Waals surface area contributed by atoms with Gasteiger partial charge in [0.2, 0.25) is 0 Å². The number of carboxylic acid groups (broad SMARTS) is 1. The molecule has 1 unspecified atom stereocenters. The van der Waals surface area contributed by atoms with Gasteiger partial charge in [0.25, 0.3) is 0 Å². The molecule has 32 heavy (non-hydrogen) atoms. The maximum Gasteiger partial charge on any atom is 0.356 e. The van der Waals surface area contributed by atoms with Gasteiger partial charge in [-0.05, 0) is 52.7 Å². The summed E-state index contributed by atoms with van der Waals surface area (Å²) in [6, 6.07) is 12.0. The van der Waals surface area contributed by atoms with Gasteiger partial charge in [0, 0.05) is 7.11 Å². The molecule has 7 nitrogen and oxygen atoms in total. The summed E-state index contributed by atoms with van der Waals surface area (Å²) in [6.07, 6.45) is 0. The lowest BCUT2D eigenvalue weighted by atomic mass is 9.99. The van der Waals surface area contributed by atoms with Crippen LogP contribution in [0.15, 0.2) is 47.2 Å². The number of nitriles is 1. The lowest BCUT2D eigenvalue weighted by Crippen LogP contribution is -2.23. The first-order valence-electron chi connectivity index (χ1n) is 9.48. The predicted octanol–water partition coefficient (Wildman–Crippen LogP) is 5.42. The summed E-state index contributed by atoms with van der Waals surface area (Å²) in [7, 11) is 1.54. The Kier molecular flexibility index (Phi) is 7.51. The number of benzene rings is 2. The second-order valence-corrected chi connectivity index (χ2v) is 8.12. The second kappa shape index (κ2) is 10.1. The van der Waals surface area contributed by atoms with Crippen LogP contribution in [0.2, 0.25) is 5.02 Å². The minimum absolute atomic E-state index is 0.0746. The van der Waals surface area contributed by atoms with Crippen LogP contribution in [0.4, 0.5) is 10.1 Å². The predicted molar refractivity (Wildman–Crippen MR) is 122 cm³/mol. The van der Waals surface area contributed by atoms with Gasteiger partial charge in [-0.25, -0.2) is 14.2 Å². The van der Waals surface area contributed by atoms with Crippen molar-refractivity contribution in [2.75, 3.05) is 19.0 Å². The molecule has 0 spiro atoms. The van der Waals surface area contributed by atoms with Gasteiger partial charge in [0.05, 0.1) is 46.7 Å². The fraction of sp³-hybridized carbons (Fsp3) is 0.227. The van der Waals surface area contributed by atoms with Crippen LogP contribution < -0.4 is 5.32 Å². The van der Waals surface area contributed by atoms with Crippen molar-refractivity contribution in [3.8, 4) is 6.07 Å². The van der Waals surface area contributed by atoms with Crippen LogP contribution in [0.1, 0.15) is 46.3 Å². The number of hydrogen-bond donors (Lipinski definition) is 2. The number of carboxylic acids is 1. The number of methoxy groups -OCH3 is 1. The van der Waals surface area contributed by atoms with E-state index in [1.807, 2.05) is 13.0 Å². The molecule has 2 atom stereocenters. The number of ether oxygens (including phenoxy) is 1. The molecule has 0 amide bonds. The van der Waals surface area contributed by atoms with Gasteiger partial charge in [-0.2, -0.15) is 5.26 Å². The highest BCUT2D eigenvalue weighted by atomic mass is 79.9. The maximum atomic E-state index is 14.8. The van der Waals surface area contributed by atoms with Crippen molar-refractivity contribution in [2.45, 2.75) is 19.0 Å². The first-order chi connectivity index (χ1) is 15.3. The summed E-state index contributed by atoms with van der Waals surface area (Å²) in [6.45, 7) is 2.13. The van der Waals surface area contributed by atoms with Gasteiger partial charge in [-0.15, -0.1) is 0 Å². The Morgan fingerprint density at radius 2 is 2.06 bits per heavy atom. The molecular weight excluding hydrogens is 503 g/mol. The van der Waals surface area contributed by atoms with E-state index in [1.165, 1.54) is 19.2 Å². The molecule has 0 aliphatic heterocycles. The Bertz CT molecular complexity index is 1180. The zero-order valence-corrected chi connectivity index (χ0v) is 19.5. The highest BCUT2D eigenvalue weighted by Crippen LogP contribution is 2.35. The normalized spacial score (nSPS) is 12.8. The minimum atomic E-state index is -1.24. The van der Waals surface area contributed by atoms with E-state index in [9.17, 15) is 14.3 Å². The summed E-state index contributed by atoms with van der Waals surface area (Å²) in [5.74, 6) is -1.91. The number of nitrogens with zero attached hydrogens (tertiary/aromatic N) is 3. The quantitative estimate of drug-likeness (QED) is 0.411. The summed E-state index contributed by atoms with van der Waals surface area (Å²) in [5, 5.41) is 22.0. The smallest absolute Gasteiger partial charge is 0.356 e. The van der Waals surface area contributed by atoms with E-state index in [1.54, 1.807) is 34.9 Å². The average molecular weight is 522 g/mol. The third kappa shape index (κ3) is 4.78. The molecular formula is C22H19BrClFN4O3. The van der Waals surface area contributed by atoms with E-state index in [4.69, 9.17) is 21.6 Å². The molecule has 0 radical (unpaired) electrons. The number of anilines is 1. The highest BCUT2D eigenvalue weighted by molar-refractivity contribution is 9.10. The molecule has 1 heterocycles. The number of aromatic carboxylic acids is 1. The Labute approximate surface area is 197 Å². The van der Waals surface area contributed by atoms with Crippen LogP contribution in [-0.4, -0.2) is 34.3 Å². The lowest BCUT2D eigenvalue weighted by molar-refractivity contribution is 0.0689. The van der Waals surface area contributed by atoms with Crippen LogP contribution in [0.5, 0.6) is 0 Å². The monoisotopic (exact) mass is 520 g/mol. The molecule has 0 fully saturated rings. The molecule has 2 aromatic carbocycles. The molecule has 2 N–H and O–H groups in total. The van der Waals surface area contributed by atoms with Crippen molar-refractivity contribution >= 4 is 39.2 Å². The van der Waals surface area contributed by atoms with Crippen molar-refractivity contribution in [1.29, 1.82) is 5.26 Å². The first-order valence-corrected chi connectivity index (χ1v) is 10.7. The van der Waals surface area contributed by atoms with E-state index in [0.29, 0.717) is 15.9 Å². The van der Waals surface area contributed by atoms with Gasteiger partial charge in [-0.3, -0.25) is 0 Å². The fourth-order valence-electron chi connectivity index (χ4n) is 3.42. The molecule has 0 bridgehead atoms. The second-order valence-electron chi connectivity index (χ2n) is 7.01. The van der Waals surface area contributed by atoms with E-state index >= 15 is 0 Å². The lowest BCUT2D eigenvalue weighted by Gasteiger charge is -2.26. The SMILES string of the molecule is COC[C@@H](C)n1c(Br)nc(C(=O)O)c1C(Nc1cccc(Cl)c1F)c1ccc(C#N)cc1. The Balaban J connectivity index is 2.26. The van der Waals surface area contributed by atoms with Gasteiger partial charge >= 0.3 is 5.97 Å². The van der Waals surface area contributed by atoms with Crippen molar-refractivity contribution < 1.29 is 19.0 Å². The van der Waals surface area contributed by atoms with Gasteiger partial charge < -0.3 is 19.7 Å². The van der Waals surface area contributed by atoms with Crippen molar-refractivity contribution in [3.05, 3.63) is 80.6 Å². The molecule has 0 saturated carbocycles. The van der Waals surface area contributed by atoms with E-state index in [-0.39, 0.29) is 34.7 Å². The zero-order valence-electron chi connectivity index (χ0n) is 17.1. The van der Waals surface area contributed by atoms with Gasteiger partial charge in [-0.1, -0.05) is 29.8 Å². The van der Waals surface area contributed by atoms with Crippen LogP contribution >= 0.6 is 27.5 Å². The van der Waals surface area contributed by atoms with Crippen LogP contribution in [0.25, 0.3) is 0 Å². The third-order valence-electron chi connectivity index (χ3n) is 4.85. The summed E-state index contributed by atoms with van der Waals surface area (Å²) < 4.78 is 22.0. The molecule has 0 aliphatic carbocycles. The first kappa shape index (κ1) is 23.7. The maximum absolute atomic E-state index is 14.8. The summed E-state index contributed by atoms with van der Waals surface area (Å²) in [5.41, 5.74) is 1.21. The van der Waals surface area contributed by atoms with E-state index < -0.39 is 17.8 Å². The number of halogens is 3. The molecule has 0 aliphatic rings. The van der Waals surface area contributed by atoms with Gasteiger partial charge in [0.15, 0.2) is 16.2 Å². The molecule has 10 heteroatoms. The topological polar surface area (TPSA) is 100 Å². The number of rotatable bonds is 8. The van der Waals surface area contributed by atoms with E-state index in [0.717, 1.165) is 0 Å². The molecule has 166 valence electrons. The average Bonchev–Trinajstić information content (AvgIpc) is 3.12.